The van der Waals surface area contributed by atoms with Crippen molar-refractivity contribution in [1.82, 2.24) is 15.8 Å². The van der Waals surface area contributed by atoms with Crippen molar-refractivity contribution in [2.45, 2.75) is 18.3 Å². The van der Waals surface area contributed by atoms with Gasteiger partial charge in [-0.15, -0.1) is 0 Å². The molecular formula is C15H19BrN4O. The lowest BCUT2D eigenvalue weighted by Gasteiger charge is -2.39. The van der Waals surface area contributed by atoms with Crippen LogP contribution >= 0.6 is 15.9 Å². The summed E-state index contributed by atoms with van der Waals surface area (Å²) >= 11 is 3.45. The number of nitrogens with two attached hydrogens (primary N) is 1. The Balaban J connectivity index is 1.93. The van der Waals surface area contributed by atoms with E-state index in [9.17, 15) is 4.79 Å². The molecule has 2 aliphatic rings. The molecule has 0 atom stereocenters. The molecule has 2 aliphatic heterocycles. The summed E-state index contributed by atoms with van der Waals surface area (Å²) in [7, 11) is 0. The first kappa shape index (κ1) is 14.4. The zero-order valence-corrected chi connectivity index (χ0v) is 13.3. The molecule has 1 fully saturated rings. The van der Waals surface area contributed by atoms with Crippen molar-refractivity contribution in [3.05, 3.63) is 46.2 Å². The van der Waals surface area contributed by atoms with Crippen LogP contribution in [0.15, 0.2) is 40.6 Å². The normalized spacial score (nSPS) is 20.8. The fourth-order valence-electron chi connectivity index (χ4n) is 3.08. The maximum absolute atomic E-state index is 13.1. The minimum absolute atomic E-state index is 0.100. The lowest BCUT2D eigenvalue weighted by Crippen LogP contribution is -2.54. The largest absolute Gasteiger partial charge is 0.384 e. The summed E-state index contributed by atoms with van der Waals surface area (Å²) in [6.45, 7) is 2.22. The van der Waals surface area contributed by atoms with Crippen molar-refractivity contribution in [1.29, 1.82) is 0 Å². The van der Waals surface area contributed by atoms with Crippen LogP contribution in [0.25, 0.3) is 0 Å². The first-order valence-electron chi connectivity index (χ1n) is 7.13. The third kappa shape index (κ3) is 2.65. The van der Waals surface area contributed by atoms with Gasteiger partial charge in [-0.05, 0) is 49.7 Å². The van der Waals surface area contributed by atoms with Crippen LogP contribution < -0.4 is 16.5 Å². The Bertz CT molecular complexity index is 564. The van der Waals surface area contributed by atoms with E-state index in [0.717, 1.165) is 36.0 Å². The summed E-state index contributed by atoms with van der Waals surface area (Å²) in [5.74, 6) is 0.645. The van der Waals surface area contributed by atoms with Gasteiger partial charge in [0.05, 0.1) is 12.0 Å². The summed E-state index contributed by atoms with van der Waals surface area (Å²) in [5, 5.41) is 4.96. The minimum Gasteiger partial charge on any atom is -0.384 e. The van der Waals surface area contributed by atoms with Gasteiger partial charge in [0.1, 0.15) is 5.82 Å². The molecule has 1 aromatic carbocycles. The van der Waals surface area contributed by atoms with E-state index < -0.39 is 5.41 Å². The van der Waals surface area contributed by atoms with Crippen molar-refractivity contribution in [2.24, 2.45) is 5.73 Å². The Morgan fingerprint density at radius 3 is 2.48 bits per heavy atom. The minimum atomic E-state index is -0.475. The molecule has 2 heterocycles. The molecule has 21 heavy (non-hydrogen) atoms. The highest BCUT2D eigenvalue weighted by Gasteiger charge is 2.44. The fraction of sp³-hybridized carbons (Fsp3) is 0.400. The highest BCUT2D eigenvalue weighted by atomic mass is 79.9. The van der Waals surface area contributed by atoms with Gasteiger partial charge >= 0.3 is 0 Å². The van der Waals surface area contributed by atoms with Crippen LogP contribution in [-0.2, 0) is 10.2 Å². The smallest absolute Gasteiger partial charge is 0.251 e. The third-order valence-electron chi connectivity index (χ3n) is 4.27. The third-order valence-corrected chi connectivity index (χ3v) is 4.79. The lowest BCUT2D eigenvalue weighted by molar-refractivity contribution is -0.140. The summed E-state index contributed by atoms with van der Waals surface area (Å²) in [6, 6.07) is 8.08. The van der Waals surface area contributed by atoms with Gasteiger partial charge in [0.15, 0.2) is 0 Å². The number of nitrogens with one attached hydrogen (secondary N) is 2. The SMILES string of the molecule is NC1=CCN(C(=O)C2(c3ccc(Br)cc3)CCNCC2)N1. The standard InChI is InChI=1S/C15H19BrN4O/c16-12-3-1-11(2-4-12)15(6-8-18-9-7-15)14(21)20-10-5-13(17)19-20/h1-5,18-19H,6-10,17H2. The molecule has 0 aliphatic carbocycles. The predicted molar refractivity (Wildman–Crippen MR) is 85.0 cm³/mol. The number of benzene rings is 1. The van der Waals surface area contributed by atoms with E-state index in [4.69, 9.17) is 5.73 Å². The molecule has 1 aromatic rings. The molecular weight excluding hydrogens is 332 g/mol. The van der Waals surface area contributed by atoms with Crippen molar-refractivity contribution in [3.8, 4) is 0 Å². The Hall–Kier alpha value is -1.53. The highest BCUT2D eigenvalue weighted by Crippen LogP contribution is 2.36. The molecule has 4 N–H and O–H groups in total. The van der Waals surface area contributed by atoms with Crippen LogP contribution in [0.4, 0.5) is 0 Å². The van der Waals surface area contributed by atoms with E-state index in [2.05, 4.69) is 26.7 Å². The number of carbonyl (C=O) groups excluding carboxylic acids is 1. The number of hydrazine groups is 1. The molecule has 0 aromatic heterocycles. The van der Waals surface area contributed by atoms with Gasteiger partial charge in [0.2, 0.25) is 0 Å². The van der Waals surface area contributed by atoms with E-state index in [-0.39, 0.29) is 5.91 Å². The summed E-state index contributed by atoms with van der Waals surface area (Å²) in [6.07, 6.45) is 3.42. The van der Waals surface area contributed by atoms with E-state index in [1.54, 1.807) is 5.01 Å². The number of rotatable bonds is 2. The van der Waals surface area contributed by atoms with Crippen molar-refractivity contribution < 1.29 is 4.79 Å². The maximum Gasteiger partial charge on any atom is 0.251 e. The number of hydrogen-bond donors (Lipinski definition) is 3. The Labute approximate surface area is 132 Å². The molecule has 112 valence electrons. The van der Waals surface area contributed by atoms with Crippen molar-refractivity contribution >= 4 is 21.8 Å². The van der Waals surface area contributed by atoms with E-state index >= 15 is 0 Å². The quantitative estimate of drug-likeness (QED) is 0.749. The zero-order chi connectivity index (χ0) is 14.9. The Morgan fingerprint density at radius 1 is 1.24 bits per heavy atom. The van der Waals surface area contributed by atoms with Gasteiger partial charge in [-0.3, -0.25) is 15.2 Å². The molecule has 5 nitrogen and oxygen atoms in total. The summed E-state index contributed by atoms with van der Waals surface area (Å²) in [4.78, 5) is 13.1. The molecule has 1 amide bonds. The van der Waals surface area contributed by atoms with Crippen molar-refractivity contribution in [3.63, 3.8) is 0 Å². The van der Waals surface area contributed by atoms with Crippen LogP contribution in [0, 0.1) is 0 Å². The van der Waals surface area contributed by atoms with Crippen LogP contribution in [0.1, 0.15) is 18.4 Å². The molecule has 6 heteroatoms. The first-order valence-corrected chi connectivity index (χ1v) is 7.92. The second-order valence-corrected chi connectivity index (χ2v) is 6.44. The number of piperidine rings is 1. The van der Waals surface area contributed by atoms with Crippen LogP contribution in [0.5, 0.6) is 0 Å². The van der Waals surface area contributed by atoms with Gasteiger partial charge in [-0.25, -0.2) is 0 Å². The van der Waals surface area contributed by atoms with Crippen LogP contribution in [-0.4, -0.2) is 30.6 Å². The predicted octanol–water partition coefficient (Wildman–Crippen LogP) is 1.22. The van der Waals surface area contributed by atoms with Crippen molar-refractivity contribution in [2.75, 3.05) is 19.6 Å². The fourth-order valence-corrected chi connectivity index (χ4v) is 3.34. The monoisotopic (exact) mass is 350 g/mol. The lowest BCUT2D eigenvalue weighted by atomic mass is 9.72. The number of nitrogens with zero attached hydrogens (tertiary/aromatic N) is 1. The molecule has 0 bridgehead atoms. The Kier molecular flexibility index (Phi) is 3.91. The van der Waals surface area contributed by atoms with E-state index in [1.165, 1.54) is 0 Å². The van der Waals surface area contributed by atoms with Crippen LogP contribution in [0.2, 0.25) is 0 Å². The van der Waals surface area contributed by atoms with Gasteiger partial charge in [0, 0.05) is 4.47 Å². The zero-order valence-electron chi connectivity index (χ0n) is 11.7. The van der Waals surface area contributed by atoms with Crippen LogP contribution in [0.3, 0.4) is 0 Å². The van der Waals surface area contributed by atoms with E-state index in [1.807, 2.05) is 30.3 Å². The van der Waals surface area contributed by atoms with Gasteiger partial charge in [0.25, 0.3) is 5.91 Å². The molecule has 1 saturated heterocycles. The number of hydrogen-bond acceptors (Lipinski definition) is 4. The number of halogens is 1. The van der Waals surface area contributed by atoms with Gasteiger partial charge in [-0.1, -0.05) is 28.1 Å². The highest BCUT2D eigenvalue weighted by molar-refractivity contribution is 9.10. The molecule has 0 unspecified atom stereocenters. The second-order valence-electron chi connectivity index (χ2n) is 5.53. The average Bonchev–Trinajstić information content (AvgIpc) is 2.94. The molecule has 0 radical (unpaired) electrons. The summed E-state index contributed by atoms with van der Waals surface area (Å²) in [5.41, 5.74) is 9.28. The molecule has 0 saturated carbocycles. The van der Waals surface area contributed by atoms with E-state index in [0.29, 0.717) is 12.4 Å². The second kappa shape index (κ2) is 5.69. The topological polar surface area (TPSA) is 70.4 Å². The number of amides is 1. The molecule has 0 spiro atoms. The van der Waals surface area contributed by atoms with Gasteiger partial charge in [-0.2, -0.15) is 0 Å². The molecule has 3 rings (SSSR count). The van der Waals surface area contributed by atoms with Gasteiger partial charge < -0.3 is 11.1 Å². The Morgan fingerprint density at radius 2 is 1.90 bits per heavy atom. The maximum atomic E-state index is 13.1. The summed E-state index contributed by atoms with van der Waals surface area (Å²) < 4.78 is 1.02. The number of carbonyl (C=O) groups is 1. The first-order chi connectivity index (χ1) is 10.1. The average molecular weight is 351 g/mol.